The van der Waals surface area contributed by atoms with Gasteiger partial charge in [0.1, 0.15) is 0 Å². The highest BCUT2D eigenvalue weighted by atomic mass is 19.1. The van der Waals surface area contributed by atoms with E-state index in [1.165, 1.54) is 12.1 Å². The first-order valence-corrected chi connectivity index (χ1v) is 11.5. The van der Waals surface area contributed by atoms with Gasteiger partial charge in [0.15, 0.2) is 11.6 Å². The molecule has 0 aromatic heterocycles. The molecule has 0 fully saturated rings. The smallest absolute Gasteiger partial charge is 0.333 e. The Balaban J connectivity index is 2.12. The highest BCUT2D eigenvalue weighted by Gasteiger charge is 2.25. The van der Waals surface area contributed by atoms with Crippen LogP contribution in [-0.2, 0) is 30.3 Å². The van der Waals surface area contributed by atoms with Gasteiger partial charge in [-0.25, -0.2) is 14.0 Å². The van der Waals surface area contributed by atoms with Crippen molar-refractivity contribution >= 4 is 17.9 Å². The molecule has 0 atom stereocenters. The van der Waals surface area contributed by atoms with Crippen molar-refractivity contribution < 1.29 is 33.0 Å². The molecular weight excluding hydrogens is 463 g/mol. The molecule has 2 aromatic carbocycles. The van der Waals surface area contributed by atoms with Crippen LogP contribution in [0.5, 0.6) is 5.75 Å². The number of hydrogen-bond donors (Lipinski definition) is 0. The van der Waals surface area contributed by atoms with E-state index in [4.69, 9.17) is 14.2 Å². The quantitative estimate of drug-likeness (QED) is 0.234. The van der Waals surface area contributed by atoms with Crippen LogP contribution < -0.4 is 4.74 Å². The van der Waals surface area contributed by atoms with E-state index >= 15 is 0 Å². The third kappa shape index (κ3) is 8.48. The van der Waals surface area contributed by atoms with Gasteiger partial charge in [0, 0.05) is 17.1 Å². The Morgan fingerprint density at radius 2 is 1.36 bits per heavy atom. The molecule has 0 aliphatic carbocycles. The zero-order valence-corrected chi connectivity index (χ0v) is 21.5. The number of ether oxygens (including phenoxy) is 3. The normalized spacial score (nSPS) is 11.1. The maximum absolute atomic E-state index is 14.6. The molecule has 0 amide bonds. The fraction of sp³-hybridized carbons (Fsp3) is 0.345. The first kappa shape index (κ1) is 28.5. The van der Waals surface area contributed by atoms with Crippen LogP contribution in [0.2, 0.25) is 0 Å². The maximum atomic E-state index is 14.6. The lowest BCUT2D eigenvalue weighted by molar-refractivity contribution is -0.144. The highest BCUT2D eigenvalue weighted by molar-refractivity contribution is 5.87. The molecule has 0 heterocycles. The van der Waals surface area contributed by atoms with E-state index in [1.54, 1.807) is 40.7 Å². The summed E-state index contributed by atoms with van der Waals surface area (Å²) in [5.74, 6) is -2.58. The Labute approximate surface area is 211 Å². The number of carbonyl (C=O) groups is 3. The second kappa shape index (κ2) is 12.3. The summed E-state index contributed by atoms with van der Waals surface area (Å²) in [4.78, 5) is 35.7. The fourth-order valence-corrected chi connectivity index (χ4v) is 2.98. The Hall–Kier alpha value is -3.74. The van der Waals surface area contributed by atoms with E-state index in [-0.39, 0.29) is 36.0 Å². The van der Waals surface area contributed by atoms with Gasteiger partial charge in [-0.1, -0.05) is 43.5 Å². The van der Waals surface area contributed by atoms with Gasteiger partial charge in [-0.3, -0.25) is 4.79 Å². The van der Waals surface area contributed by atoms with Crippen LogP contribution in [0.4, 0.5) is 4.39 Å². The summed E-state index contributed by atoms with van der Waals surface area (Å²) in [7, 11) is 0. The molecule has 0 aliphatic heterocycles. The Bertz CT molecular complexity index is 1110. The minimum atomic E-state index is -0.746. The third-order valence-corrected chi connectivity index (χ3v) is 5.16. The number of benzene rings is 2. The average Bonchev–Trinajstić information content (AvgIpc) is 2.81. The lowest BCUT2D eigenvalue weighted by Gasteiger charge is -2.18. The summed E-state index contributed by atoms with van der Waals surface area (Å²) in [6, 6.07) is 11.8. The molecule has 0 N–H and O–H groups in total. The summed E-state index contributed by atoms with van der Waals surface area (Å²) >= 11 is 0. The Kier molecular flexibility index (Phi) is 9.73. The van der Waals surface area contributed by atoms with Gasteiger partial charge < -0.3 is 14.2 Å². The van der Waals surface area contributed by atoms with E-state index in [9.17, 15) is 18.8 Å². The van der Waals surface area contributed by atoms with Gasteiger partial charge in [0.25, 0.3) is 0 Å². The Morgan fingerprint density at radius 3 is 1.81 bits per heavy atom. The van der Waals surface area contributed by atoms with Crippen molar-refractivity contribution in [3.8, 4) is 16.9 Å². The molecule has 0 saturated carbocycles. The molecule has 0 radical (unpaired) electrons. The zero-order chi connectivity index (χ0) is 27.0. The van der Waals surface area contributed by atoms with Gasteiger partial charge in [0.05, 0.1) is 18.6 Å². The largest absolute Gasteiger partial charge is 0.462 e. The van der Waals surface area contributed by atoms with Crippen LogP contribution in [0.15, 0.2) is 66.8 Å². The SMILES string of the molecule is C=C(C)C(=O)OCC(COC(=O)C(=C)C)Cc1ccc(-c2ccc(OC(=O)C(C)(C)C)c(F)c2)cc1. The van der Waals surface area contributed by atoms with Crippen molar-refractivity contribution in [1.82, 2.24) is 0 Å². The van der Waals surface area contributed by atoms with E-state index in [1.807, 2.05) is 24.3 Å². The molecule has 0 aliphatic rings. The van der Waals surface area contributed by atoms with E-state index < -0.39 is 29.1 Å². The van der Waals surface area contributed by atoms with Crippen molar-refractivity contribution in [1.29, 1.82) is 0 Å². The van der Waals surface area contributed by atoms with Crippen LogP contribution in [0.1, 0.15) is 40.2 Å². The van der Waals surface area contributed by atoms with Gasteiger partial charge in [-0.2, -0.15) is 0 Å². The van der Waals surface area contributed by atoms with Gasteiger partial charge in [-0.15, -0.1) is 0 Å². The van der Waals surface area contributed by atoms with E-state index in [2.05, 4.69) is 13.2 Å². The van der Waals surface area contributed by atoms with Gasteiger partial charge in [-0.05, 0) is 69.9 Å². The van der Waals surface area contributed by atoms with Crippen LogP contribution in [0, 0.1) is 17.2 Å². The average molecular weight is 497 g/mol. The van der Waals surface area contributed by atoms with Crippen molar-refractivity contribution in [2.24, 2.45) is 11.3 Å². The van der Waals surface area contributed by atoms with Gasteiger partial charge >= 0.3 is 17.9 Å². The fourth-order valence-electron chi connectivity index (χ4n) is 2.98. The third-order valence-electron chi connectivity index (χ3n) is 5.16. The molecule has 0 bridgehead atoms. The first-order chi connectivity index (χ1) is 16.8. The number of carbonyl (C=O) groups excluding carboxylic acids is 3. The number of hydrogen-bond acceptors (Lipinski definition) is 6. The lowest BCUT2D eigenvalue weighted by Crippen LogP contribution is -2.25. The number of rotatable bonds is 10. The van der Waals surface area contributed by atoms with E-state index in [0.29, 0.717) is 12.0 Å². The monoisotopic (exact) mass is 496 g/mol. The van der Waals surface area contributed by atoms with Crippen molar-refractivity contribution in [3.05, 3.63) is 78.1 Å². The number of esters is 3. The second-order valence-electron chi connectivity index (χ2n) is 9.81. The summed E-state index contributed by atoms with van der Waals surface area (Å²) < 4.78 is 30.3. The topological polar surface area (TPSA) is 78.9 Å². The Morgan fingerprint density at radius 1 is 0.861 bits per heavy atom. The second-order valence-corrected chi connectivity index (χ2v) is 9.81. The zero-order valence-electron chi connectivity index (χ0n) is 21.5. The molecule has 2 aromatic rings. The first-order valence-electron chi connectivity index (χ1n) is 11.5. The summed E-state index contributed by atoms with van der Waals surface area (Å²) in [5, 5.41) is 0. The molecule has 7 heteroatoms. The van der Waals surface area contributed by atoms with Crippen molar-refractivity contribution in [3.63, 3.8) is 0 Å². The van der Waals surface area contributed by atoms with Crippen molar-refractivity contribution in [2.75, 3.05) is 13.2 Å². The summed E-state index contributed by atoms with van der Waals surface area (Å²) in [5.41, 5.74) is 2.12. The molecule has 0 unspecified atom stereocenters. The number of halogens is 1. The van der Waals surface area contributed by atoms with E-state index in [0.717, 1.165) is 11.1 Å². The molecule has 36 heavy (non-hydrogen) atoms. The maximum Gasteiger partial charge on any atom is 0.333 e. The van der Waals surface area contributed by atoms with Crippen molar-refractivity contribution in [2.45, 2.75) is 41.0 Å². The van der Waals surface area contributed by atoms with Crippen LogP contribution >= 0.6 is 0 Å². The highest BCUT2D eigenvalue weighted by Crippen LogP contribution is 2.28. The van der Waals surface area contributed by atoms with Gasteiger partial charge in [0.2, 0.25) is 0 Å². The molecule has 0 saturated heterocycles. The molecule has 0 spiro atoms. The van der Waals surface area contributed by atoms with Crippen LogP contribution in [0.3, 0.4) is 0 Å². The standard InChI is InChI=1S/C29H33FO6/c1-18(2)26(31)34-16-21(17-35-27(32)19(3)4)14-20-8-10-22(11-9-20)23-12-13-25(24(30)15-23)36-28(33)29(5,6)7/h8-13,15,21H,1,3,14,16-17H2,2,4-7H3. The minimum Gasteiger partial charge on any atom is -0.462 e. The lowest BCUT2D eigenvalue weighted by atomic mass is 9.97. The molecule has 192 valence electrons. The summed E-state index contributed by atoms with van der Waals surface area (Å²) in [6.45, 7) is 15.4. The molecular formula is C29H33FO6. The van der Waals surface area contributed by atoms with Crippen LogP contribution in [-0.4, -0.2) is 31.1 Å². The summed E-state index contributed by atoms with van der Waals surface area (Å²) in [6.07, 6.45) is 0.475. The predicted octanol–water partition coefficient (Wildman–Crippen LogP) is 5.84. The van der Waals surface area contributed by atoms with Crippen LogP contribution in [0.25, 0.3) is 11.1 Å². The predicted molar refractivity (Wildman–Crippen MR) is 136 cm³/mol. The molecule has 6 nitrogen and oxygen atoms in total. The minimum absolute atomic E-state index is 0.0525. The molecule has 2 rings (SSSR count).